The van der Waals surface area contributed by atoms with Crippen LogP contribution in [0.5, 0.6) is 5.75 Å². The third-order valence-corrected chi connectivity index (χ3v) is 8.81. The van der Waals surface area contributed by atoms with Crippen LogP contribution in [0.25, 0.3) is 11.1 Å². The van der Waals surface area contributed by atoms with Gasteiger partial charge in [0, 0.05) is 19.0 Å². The van der Waals surface area contributed by atoms with Crippen LogP contribution in [0, 0.1) is 23.7 Å². The molecule has 5 N–H and O–H groups in total. The molecule has 2 aromatic rings. The lowest BCUT2D eigenvalue weighted by atomic mass is 9.52. The van der Waals surface area contributed by atoms with E-state index in [9.17, 15) is 38.6 Å². The van der Waals surface area contributed by atoms with Crippen LogP contribution >= 0.6 is 0 Å². The molecule has 3 aliphatic rings. The van der Waals surface area contributed by atoms with Gasteiger partial charge in [0.2, 0.25) is 5.91 Å². The second-order valence-electron chi connectivity index (χ2n) is 11.3. The van der Waals surface area contributed by atoms with Crippen LogP contribution in [0.3, 0.4) is 0 Å². The quantitative estimate of drug-likeness (QED) is 0.278. The number of halogens is 1. The van der Waals surface area contributed by atoms with Crippen molar-refractivity contribution in [2.45, 2.75) is 31.0 Å². The number of benzene rings is 2. The molecule has 11 heteroatoms. The SMILES string of the molecule is CN(C)C1C(=O)C(C(N)=O)C(=O)C2(O)C(=O)C3C(=O)c4c(O)ccc(-c5ccc(CNCCF)cc5)c4CC3CC12. The monoisotopic (exact) mass is 565 g/mol. The number of nitrogens with one attached hydrogen (secondary N) is 1. The number of hydrogen-bond donors (Lipinski definition) is 4. The Morgan fingerprint density at radius 1 is 1.10 bits per heavy atom. The summed E-state index contributed by atoms with van der Waals surface area (Å²) in [4.78, 5) is 67.9. The molecule has 0 spiro atoms. The Morgan fingerprint density at radius 2 is 1.78 bits per heavy atom. The van der Waals surface area contributed by atoms with Crippen molar-refractivity contribution in [2.24, 2.45) is 29.4 Å². The van der Waals surface area contributed by atoms with Gasteiger partial charge in [-0.25, -0.2) is 4.39 Å². The first-order valence-corrected chi connectivity index (χ1v) is 13.5. The minimum Gasteiger partial charge on any atom is -0.507 e. The van der Waals surface area contributed by atoms with E-state index in [4.69, 9.17) is 5.73 Å². The number of Topliss-reactive ketones (excluding diaryl/α,β-unsaturated/α-hetero) is 4. The largest absolute Gasteiger partial charge is 0.507 e. The summed E-state index contributed by atoms with van der Waals surface area (Å²) >= 11 is 0. The van der Waals surface area contributed by atoms with Gasteiger partial charge >= 0.3 is 0 Å². The molecule has 0 aliphatic heterocycles. The van der Waals surface area contributed by atoms with Gasteiger partial charge in [0.1, 0.15) is 12.4 Å². The van der Waals surface area contributed by atoms with E-state index in [1.54, 1.807) is 20.2 Å². The number of nitrogens with two attached hydrogens (primary N) is 1. The fraction of sp³-hybridized carbons (Fsp3) is 0.433. The summed E-state index contributed by atoms with van der Waals surface area (Å²) in [5, 5.41) is 25.4. The van der Waals surface area contributed by atoms with Gasteiger partial charge in [0.25, 0.3) is 0 Å². The fourth-order valence-electron chi connectivity index (χ4n) is 6.98. The normalized spacial score (nSPS) is 29.2. The van der Waals surface area contributed by atoms with Crippen LogP contribution in [-0.4, -0.2) is 83.1 Å². The molecule has 6 atom stereocenters. The van der Waals surface area contributed by atoms with Crippen molar-refractivity contribution in [2.75, 3.05) is 27.3 Å². The topological polar surface area (TPSA) is 167 Å². The Bertz CT molecular complexity index is 1460. The lowest BCUT2D eigenvalue weighted by Crippen LogP contribution is -2.74. The van der Waals surface area contributed by atoms with E-state index >= 15 is 0 Å². The van der Waals surface area contributed by atoms with Crippen LogP contribution in [0.15, 0.2) is 36.4 Å². The number of carbonyl (C=O) groups is 5. The van der Waals surface area contributed by atoms with E-state index < -0.39 is 71.0 Å². The van der Waals surface area contributed by atoms with Gasteiger partial charge in [-0.15, -0.1) is 0 Å². The number of hydrogen-bond acceptors (Lipinski definition) is 9. The molecule has 0 aromatic heterocycles. The summed E-state index contributed by atoms with van der Waals surface area (Å²) in [7, 11) is 3.09. The van der Waals surface area contributed by atoms with E-state index in [2.05, 4.69) is 5.32 Å². The van der Waals surface area contributed by atoms with Crippen molar-refractivity contribution in [3.05, 3.63) is 53.1 Å². The van der Waals surface area contributed by atoms with Gasteiger partial charge < -0.3 is 21.3 Å². The predicted octanol–water partition coefficient (Wildman–Crippen LogP) is 0.593. The van der Waals surface area contributed by atoms with Crippen LogP contribution in [0.4, 0.5) is 4.39 Å². The van der Waals surface area contributed by atoms with Gasteiger partial charge in [-0.05, 0) is 61.2 Å². The zero-order valence-corrected chi connectivity index (χ0v) is 22.7. The standard InChI is InChI=1S/C30H32FN3O7/c1-34(2)24-19-12-16-11-18-17(15-5-3-14(4-6-15)13-33-10-9-31)7-8-20(35)22(18)25(36)21(16)27(38)30(19,41)28(39)23(26(24)37)29(32)40/h3-8,16,19,21,23-24,33,35,41H,9-13H2,1-2H3,(H2,32,40). The zero-order chi connectivity index (χ0) is 29.8. The van der Waals surface area contributed by atoms with Crippen molar-refractivity contribution in [3.63, 3.8) is 0 Å². The maximum Gasteiger partial charge on any atom is 0.235 e. The third kappa shape index (κ3) is 4.39. The smallest absolute Gasteiger partial charge is 0.235 e. The minimum atomic E-state index is -2.75. The molecule has 0 heterocycles. The number of phenolic OH excluding ortho intramolecular Hbond substituents is 1. The van der Waals surface area contributed by atoms with E-state index in [-0.39, 0.29) is 30.7 Å². The second-order valence-corrected chi connectivity index (χ2v) is 11.3. The maximum atomic E-state index is 13.9. The number of phenols is 1. The number of aromatic hydroxyl groups is 1. The van der Waals surface area contributed by atoms with E-state index in [1.165, 1.54) is 11.0 Å². The molecular formula is C30H32FN3O7. The second kappa shape index (κ2) is 10.6. The molecule has 2 aromatic carbocycles. The van der Waals surface area contributed by atoms with E-state index in [0.717, 1.165) is 11.1 Å². The molecule has 3 aliphatic carbocycles. The first-order chi connectivity index (χ1) is 19.4. The number of rotatable bonds is 7. The highest BCUT2D eigenvalue weighted by Gasteiger charge is 2.69. The molecule has 216 valence electrons. The number of ketones is 4. The van der Waals surface area contributed by atoms with Crippen molar-refractivity contribution < 1.29 is 38.6 Å². The third-order valence-electron chi connectivity index (χ3n) is 8.81. The highest BCUT2D eigenvalue weighted by Crippen LogP contribution is 2.51. The summed E-state index contributed by atoms with van der Waals surface area (Å²) in [6, 6.07) is 9.34. The average Bonchev–Trinajstić information content (AvgIpc) is 2.91. The van der Waals surface area contributed by atoms with Gasteiger partial charge in [0.15, 0.2) is 34.7 Å². The molecular weight excluding hydrogens is 533 g/mol. The number of fused-ring (bicyclic) bond motifs is 3. The molecule has 2 fully saturated rings. The summed E-state index contributed by atoms with van der Waals surface area (Å²) in [5.74, 6) is -10.8. The van der Waals surface area contributed by atoms with Gasteiger partial charge in [-0.2, -0.15) is 0 Å². The van der Waals surface area contributed by atoms with Crippen LogP contribution in [0.1, 0.15) is 27.9 Å². The molecule has 6 unspecified atom stereocenters. The van der Waals surface area contributed by atoms with Gasteiger partial charge in [-0.1, -0.05) is 30.3 Å². The van der Waals surface area contributed by atoms with E-state index in [1.807, 2.05) is 24.3 Å². The van der Waals surface area contributed by atoms with Gasteiger partial charge in [0.05, 0.1) is 17.5 Å². The van der Waals surface area contributed by atoms with Crippen LogP contribution in [-0.2, 0) is 32.1 Å². The number of likely N-dealkylation sites (N-methyl/N-ethyl adjacent to an activating group) is 1. The summed E-state index contributed by atoms with van der Waals surface area (Å²) in [6.45, 7) is 0.243. The van der Waals surface area contributed by atoms with Crippen molar-refractivity contribution in [1.29, 1.82) is 0 Å². The molecule has 0 saturated heterocycles. The van der Waals surface area contributed by atoms with Crippen LogP contribution < -0.4 is 11.1 Å². The van der Waals surface area contributed by atoms with Crippen molar-refractivity contribution >= 4 is 29.0 Å². The van der Waals surface area contributed by atoms with Crippen molar-refractivity contribution in [3.8, 4) is 16.9 Å². The lowest BCUT2D eigenvalue weighted by Gasteiger charge is -2.52. The number of nitrogens with zero attached hydrogens (tertiary/aromatic N) is 1. The average molecular weight is 566 g/mol. The first kappa shape index (κ1) is 28.7. The Morgan fingerprint density at radius 3 is 2.39 bits per heavy atom. The highest BCUT2D eigenvalue weighted by atomic mass is 19.1. The Hall–Kier alpha value is -3.80. The zero-order valence-electron chi connectivity index (χ0n) is 22.7. The van der Waals surface area contributed by atoms with Crippen molar-refractivity contribution in [1.82, 2.24) is 10.2 Å². The molecule has 41 heavy (non-hydrogen) atoms. The first-order valence-electron chi connectivity index (χ1n) is 13.5. The van der Waals surface area contributed by atoms with E-state index in [0.29, 0.717) is 17.7 Å². The number of aliphatic hydroxyl groups is 1. The predicted molar refractivity (Wildman–Crippen MR) is 144 cm³/mol. The number of amides is 1. The van der Waals surface area contributed by atoms with Crippen LogP contribution in [0.2, 0.25) is 0 Å². The maximum absolute atomic E-state index is 13.9. The molecule has 0 bridgehead atoms. The Balaban J connectivity index is 1.57. The number of alkyl halides is 1. The lowest BCUT2D eigenvalue weighted by molar-refractivity contribution is -0.181. The number of carbonyl (C=O) groups excluding carboxylic acids is 5. The Kier molecular flexibility index (Phi) is 7.39. The molecule has 2 saturated carbocycles. The molecule has 10 nitrogen and oxygen atoms in total. The number of primary amides is 1. The fourth-order valence-corrected chi connectivity index (χ4v) is 6.98. The molecule has 1 amide bonds. The summed E-state index contributed by atoms with van der Waals surface area (Å²) < 4.78 is 12.4. The molecule has 5 rings (SSSR count). The highest BCUT2D eigenvalue weighted by molar-refractivity contribution is 6.32. The molecule has 0 radical (unpaired) electrons. The minimum absolute atomic E-state index is 0.0157. The summed E-state index contributed by atoms with van der Waals surface area (Å²) in [6.07, 6.45) is 0.160. The summed E-state index contributed by atoms with van der Waals surface area (Å²) in [5.41, 5.74) is 5.44. The Labute approximate surface area is 235 Å². The van der Waals surface area contributed by atoms with Gasteiger partial charge in [-0.3, -0.25) is 28.9 Å².